The molecule has 0 radical (unpaired) electrons. The van der Waals surface area contributed by atoms with Crippen LogP contribution in [0.5, 0.6) is 11.5 Å². The minimum atomic E-state index is -0.474. The number of anilines is 1. The lowest BCUT2D eigenvalue weighted by Gasteiger charge is -2.35. The van der Waals surface area contributed by atoms with Crippen molar-refractivity contribution in [1.82, 2.24) is 24.4 Å². The summed E-state index contributed by atoms with van der Waals surface area (Å²) in [5, 5.41) is 0.720. The smallest absolute Gasteiger partial charge is 0.411 e. The predicted octanol–water partition coefficient (Wildman–Crippen LogP) is 7.29. The summed E-state index contributed by atoms with van der Waals surface area (Å²) in [6.07, 6.45) is 1.26. The van der Waals surface area contributed by atoms with E-state index in [1.165, 1.54) is 18.1 Å². The first-order valence-electron chi connectivity index (χ1n) is 14.6. The molecule has 0 saturated heterocycles. The van der Waals surface area contributed by atoms with Crippen LogP contribution in [0, 0.1) is 3.57 Å². The number of benzene rings is 3. The Balaban J connectivity index is 1.13. The van der Waals surface area contributed by atoms with E-state index in [4.69, 9.17) is 24.9 Å². The second kappa shape index (κ2) is 11.7. The highest BCUT2D eigenvalue weighted by atomic mass is 127. The first-order valence-corrected chi connectivity index (χ1v) is 16.5. The van der Waals surface area contributed by atoms with E-state index in [0.29, 0.717) is 42.2 Å². The van der Waals surface area contributed by atoms with E-state index in [2.05, 4.69) is 44.7 Å². The molecule has 0 spiro atoms. The molecule has 2 aliphatic rings. The van der Waals surface area contributed by atoms with Crippen LogP contribution in [0.25, 0.3) is 22.3 Å². The molecule has 10 nitrogen and oxygen atoms in total. The van der Waals surface area contributed by atoms with E-state index in [-0.39, 0.29) is 12.9 Å². The quantitative estimate of drug-likeness (QED) is 0.172. The molecular formula is C33H31IN6O4S. The van der Waals surface area contributed by atoms with Crippen LogP contribution in [0.15, 0.2) is 77.0 Å². The van der Waals surface area contributed by atoms with Gasteiger partial charge in [0.2, 0.25) is 6.79 Å². The van der Waals surface area contributed by atoms with Crippen LogP contribution in [0.2, 0.25) is 0 Å². The molecule has 1 aliphatic carbocycles. The maximum Gasteiger partial charge on any atom is 0.411 e. The standard InChI is InChI=1S/C33H31IN6O4S/c1-33(2,3)40(32(41)44-28-21-11-6-4-9-19(21)20-10-5-7-12-22(20)28)14-8-13-39-30-27(29(35)36-17-37-30)38-31(39)45-26-16-25-24(15-23(26)34)42-18-43-25/h4-7,9-12,15-17,28H,8,13-14,18H2,1-3H3,(H2,35,36,37). The number of nitrogen functional groups attached to an aromatic ring is 1. The summed E-state index contributed by atoms with van der Waals surface area (Å²) in [4.78, 5) is 30.1. The molecule has 3 aromatic carbocycles. The fraction of sp³-hybridized carbons (Fsp3) is 0.273. The van der Waals surface area contributed by atoms with Crippen LogP contribution in [-0.2, 0) is 11.3 Å². The van der Waals surface area contributed by atoms with E-state index in [0.717, 1.165) is 41.6 Å². The highest BCUT2D eigenvalue weighted by Gasteiger charge is 2.35. The minimum Gasteiger partial charge on any atom is -0.454 e. The summed E-state index contributed by atoms with van der Waals surface area (Å²) >= 11 is 3.79. The molecule has 2 aromatic heterocycles. The Morgan fingerprint density at radius 2 is 1.73 bits per heavy atom. The number of amides is 1. The van der Waals surface area contributed by atoms with Crippen molar-refractivity contribution < 1.29 is 19.0 Å². The molecule has 1 amide bonds. The molecule has 45 heavy (non-hydrogen) atoms. The van der Waals surface area contributed by atoms with Crippen LogP contribution in [-0.4, -0.2) is 49.4 Å². The predicted molar refractivity (Wildman–Crippen MR) is 180 cm³/mol. The SMILES string of the molecule is CC(C)(C)N(CCCn1c(Sc2cc3c(cc2I)OCO3)nc2c(N)ncnc21)C(=O)OC1c2ccccc2-c2ccccc21. The summed E-state index contributed by atoms with van der Waals surface area (Å²) in [5.74, 6) is 1.75. The van der Waals surface area contributed by atoms with Crippen LogP contribution in [0.4, 0.5) is 10.6 Å². The third-order valence-electron chi connectivity index (χ3n) is 7.94. The Kier molecular flexibility index (Phi) is 7.72. The molecule has 0 unspecified atom stereocenters. The normalized spacial score (nSPS) is 13.6. The van der Waals surface area contributed by atoms with Gasteiger partial charge in [-0.1, -0.05) is 60.3 Å². The number of imidazole rings is 1. The third kappa shape index (κ3) is 5.54. The Bertz CT molecular complexity index is 1900. The van der Waals surface area contributed by atoms with Gasteiger partial charge in [0.1, 0.15) is 6.33 Å². The summed E-state index contributed by atoms with van der Waals surface area (Å²) in [7, 11) is 0. The third-order valence-corrected chi connectivity index (χ3v) is 10.3. The maximum absolute atomic E-state index is 13.9. The van der Waals surface area contributed by atoms with Gasteiger partial charge in [0, 0.05) is 38.2 Å². The number of hydrogen-bond acceptors (Lipinski definition) is 9. The molecule has 0 atom stereocenters. The lowest BCUT2D eigenvalue weighted by molar-refractivity contribution is 0.0483. The molecule has 1 aliphatic heterocycles. The van der Waals surface area contributed by atoms with Crippen molar-refractivity contribution in [2.24, 2.45) is 0 Å². The van der Waals surface area contributed by atoms with Gasteiger partial charge in [-0.05, 0) is 73.0 Å². The van der Waals surface area contributed by atoms with Gasteiger partial charge < -0.3 is 29.4 Å². The molecular weight excluding hydrogens is 703 g/mol. The van der Waals surface area contributed by atoms with E-state index in [1.54, 1.807) is 4.90 Å². The van der Waals surface area contributed by atoms with Crippen molar-refractivity contribution in [1.29, 1.82) is 0 Å². The van der Waals surface area contributed by atoms with Gasteiger partial charge in [0.25, 0.3) is 0 Å². The number of hydrogen-bond donors (Lipinski definition) is 1. The Hall–Kier alpha value is -4.04. The van der Waals surface area contributed by atoms with Crippen molar-refractivity contribution in [2.45, 2.75) is 55.4 Å². The fourth-order valence-corrected chi connectivity index (χ4v) is 7.49. The minimum absolute atomic E-state index is 0.205. The first kappa shape index (κ1) is 29.7. The molecule has 7 rings (SSSR count). The van der Waals surface area contributed by atoms with Crippen molar-refractivity contribution in [3.8, 4) is 22.6 Å². The Labute approximate surface area is 278 Å². The zero-order valence-corrected chi connectivity index (χ0v) is 28.0. The Morgan fingerprint density at radius 1 is 1.07 bits per heavy atom. The molecule has 0 fully saturated rings. The van der Waals surface area contributed by atoms with Crippen LogP contribution in [0.1, 0.15) is 44.4 Å². The molecule has 0 saturated carbocycles. The van der Waals surface area contributed by atoms with Crippen molar-refractivity contribution in [3.05, 3.63) is 81.7 Å². The number of aromatic nitrogens is 4. The van der Waals surface area contributed by atoms with Crippen molar-refractivity contribution in [3.63, 3.8) is 0 Å². The first-order chi connectivity index (χ1) is 21.7. The van der Waals surface area contributed by atoms with Crippen molar-refractivity contribution >= 4 is 57.4 Å². The molecule has 5 aromatic rings. The fourth-order valence-electron chi connectivity index (χ4n) is 5.78. The number of nitrogens with zero attached hydrogens (tertiary/aromatic N) is 5. The van der Waals surface area contributed by atoms with E-state index in [1.807, 2.05) is 73.9 Å². The monoisotopic (exact) mass is 734 g/mol. The number of carbonyl (C=O) groups is 1. The maximum atomic E-state index is 13.9. The second-order valence-corrected chi connectivity index (χ2v) is 14.0. The summed E-state index contributed by atoms with van der Waals surface area (Å²) in [6.45, 7) is 7.28. The highest BCUT2D eigenvalue weighted by Crippen LogP contribution is 2.46. The van der Waals surface area contributed by atoms with E-state index in [9.17, 15) is 4.79 Å². The Morgan fingerprint density at radius 3 is 2.42 bits per heavy atom. The number of ether oxygens (including phenoxy) is 3. The zero-order chi connectivity index (χ0) is 31.3. The number of rotatable bonds is 7. The molecule has 0 bridgehead atoms. The van der Waals surface area contributed by atoms with Gasteiger partial charge >= 0.3 is 6.09 Å². The summed E-state index contributed by atoms with van der Waals surface area (Å²) in [6, 6.07) is 20.1. The number of aryl methyl sites for hydroxylation is 1. The lowest BCUT2D eigenvalue weighted by atomic mass is 10.1. The van der Waals surface area contributed by atoms with Gasteiger partial charge in [-0.15, -0.1) is 0 Å². The lowest BCUT2D eigenvalue weighted by Crippen LogP contribution is -2.47. The second-order valence-electron chi connectivity index (χ2n) is 11.8. The van der Waals surface area contributed by atoms with Gasteiger partial charge in [0.15, 0.2) is 39.7 Å². The number of fused-ring (bicyclic) bond motifs is 5. The van der Waals surface area contributed by atoms with Gasteiger partial charge in [-0.25, -0.2) is 19.7 Å². The van der Waals surface area contributed by atoms with E-state index < -0.39 is 11.6 Å². The average molecular weight is 735 g/mol. The van der Waals surface area contributed by atoms with Gasteiger partial charge in [0.05, 0.1) is 0 Å². The number of carbonyl (C=O) groups excluding carboxylic acids is 1. The average Bonchev–Trinajstić information content (AvgIpc) is 3.70. The molecule has 3 heterocycles. The molecule has 2 N–H and O–H groups in total. The summed E-state index contributed by atoms with van der Waals surface area (Å²) in [5.41, 5.74) is 11.1. The van der Waals surface area contributed by atoms with Crippen LogP contribution < -0.4 is 15.2 Å². The van der Waals surface area contributed by atoms with Crippen LogP contribution in [0.3, 0.4) is 0 Å². The van der Waals surface area contributed by atoms with Crippen LogP contribution >= 0.6 is 34.4 Å². The van der Waals surface area contributed by atoms with Crippen molar-refractivity contribution in [2.75, 3.05) is 19.1 Å². The highest BCUT2D eigenvalue weighted by molar-refractivity contribution is 14.1. The number of nitrogens with two attached hydrogens (primary N) is 1. The van der Waals surface area contributed by atoms with Gasteiger partial charge in [-0.2, -0.15) is 0 Å². The molecule has 230 valence electrons. The number of halogens is 1. The summed E-state index contributed by atoms with van der Waals surface area (Å²) < 4.78 is 20.5. The molecule has 12 heteroatoms. The van der Waals surface area contributed by atoms with Gasteiger partial charge in [-0.3, -0.25) is 0 Å². The zero-order valence-electron chi connectivity index (χ0n) is 25.0. The largest absolute Gasteiger partial charge is 0.454 e. The van der Waals surface area contributed by atoms with E-state index >= 15 is 0 Å². The topological polar surface area (TPSA) is 118 Å².